The predicted molar refractivity (Wildman–Crippen MR) is 122 cm³/mol. The summed E-state index contributed by atoms with van der Waals surface area (Å²) in [6.45, 7) is 0.235. The molecule has 0 radical (unpaired) electrons. The second kappa shape index (κ2) is 6.86. The highest BCUT2D eigenvalue weighted by molar-refractivity contribution is 5.95. The second-order valence-corrected chi connectivity index (χ2v) is 7.59. The summed E-state index contributed by atoms with van der Waals surface area (Å²) >= 11 is 0. The first-order valence-electron chi connectivity index (χ1n) is 10.4. The third-order valence-electron chi connectivity index (χ3n) is 5.63. The van der Waals surface area contributed by atoms with Gasteiger partial charge in [-0.05, 0) is 48.0 Å². The number of nitrogens with zero attached hydrogens (tertiary/aromatic N) is 5. The minimum absolute atomic E-state index is 0.235. The topological polar surface area (TPSA) is 114 Å². The Labute approximate surface area is 186 Å². The van der Waals surface area contributed by atoms with Crippen molar-refractivity contribution in [2.45, 2.75) is 0 Å². The highest BCUT2D eigenvalue weighted by Gasteiger charge is 2.19. The van der Waals surface area contributed by atoms with Crippen LogP contribution in [0.4, 0.5) is 0 Å². The number of aromatic amines is 2. The fraction of sp³-hybridized carbons (Fsp3) is 0.0417. The number of benzene rings is 1. The Balaban J connectivity index is 1.37. The molecule has 9 nitrogen and oxygen atoms in total. The van der Waals surface area contributed by atoms with Crippen molar-refractivity contribution in [3.8, 4) is 45.5 Å². The lowest BCUT2D eigenvalue weighted by atomic mass is 10.1. The number of H-pyrrole nitrogens is 2. The van der Waals surface area contributed by atoms with Gasteiger partial charge in [0.05, 0.1) is 22.4 Å². The van der Waals surface area contributed by atoms with Gasteiger partial charge < -0.3 is 14.5 Å². The monoisotopic (exact) mass is 433 g/mol. The van der Waals surface area contributed by atoms with E-state index in [-0.39, 0.29) is 6.79 Å². The summed E-state index contributed by atoms with van der Waals surface area (Å²) in [5, 5.41) is 7.52. The van der Waals surface area contributed by atoms with Crippen LogP contribution in [0.25, 0.3) is 56.2 Å². The van der Waals surface area contributed by atoms with Gasteiger partial charge in [-0.1, -0.05) is 12.1 Å². The molecular weight excluding hydrogens is 418 g/mol. The van der Waals surface area contributed by atoms with Crippen molar-refractivity contribution in [3.05, 3.63) is 67.0 Å². The lowest BCUT2D eigenvalue weighted by Crippen LogP contribution is -1.92. The summed E-state index contributed by atoms with van der Waals surface area (Å²) in [6.07, 6.45) is 3.49. The van der Waals surface area contributed by atoms with E-state index in [1.807, 2.05) is 54.6 Å². The first-order valence-corrected chi connectivity index (χ1v) is 10.4. The summed E-state index contributed by atoms with van der Waals surface area (Å²) in [4.78, 5) is 21.8. The molecule has 6 heterocycles. The molecule has 6 aromatic rings. The zero-order chi connectivity index (χ0) is 21.8. The van der Waals surface area contributed by atoms with E-state index < -0.39 is 0 Å². The maximum Gasteiger partial charge on any atom is 0.231 e. The number of nitrogens with one attached hydrogen (secondary N) is 2. The molecule has 0 saturated heterocycles. The lowest BCUT2D eigenvalue weighted by molar-refractivity contribution is 0.174. The summed E-state index contributed by atoms with van der Waals surface area (Å²) in [5.74, 6) is 2.05. The smallest absolute Gasteiger partial charge is 0.231 e. The maximum absolute atomic E-state index is 5.54. The van der Waals surface area contributed by atoms with E-state index in [1.165, 1.54) is 0 Å². The molecule has 0 bridgehead atoms. The third kappa shape index (κ3) is 2.83. The second-order valence-electron chi connectivity index (χ2n) is 7.59. The van der Waals surface area contributed by atoms with Gasteiger partial charge >= 0.3 is 0 Å². The molecular formula is C24H15N7O2. The molecule has 1 aliphatic rings. The fourth-order valence-corrected chi connectivity index (χ4v) is 4.05. The fourth-order valence-electron chi connectivity index (χ4n) is 4.05. The summed E-state index contributed by atoms with van der Waals surface area (Å²) in [6, 6.07) is 17.4. The van der Waals surface area contributed by atoms with E-state index in [1.54, 1.807) is 12.4 Å². The Morgan fingerprint density at radius 2 is 1.79 bits per heavy atom. The molecule has 0 aliphatic carbocycles. The largest absolute Gasteiger partial charge is 0.454 e. The van der Waals surface area contributed by atoms with E-state index in [9.17, 15) is 0 Å². The number of rotatable bonds is 3. The molecule has 0 spiro atoms. The van der Waals surface area contributed by atoms with Crippen molar-refractivity contribution < 1.29 is 9.47 Å². The van der Waals surface area contributed by atoms with Crippen LogP contribution in [0.3, 0.4) is 0 Å². The molecule has 1 aromatic carbocycles. The van der Waals surface area contributed by atoms with Crippen LogP contribution in [0, 0.1) is 0 Å². The van der Waals surface area contributed by atoms with Crippen LogP contribution in [0.1, 0.15) is 0 Å². The van der Waals surface area contributed by atoms with Crippen molar-refractivity contribution in [2.24, 2.45) is 0 Å². The number of aromatic nitrogens is 7. The van der Waals surface area contributed by atoms with Gasteiger partial charge in [0.25, 0.3) is 0 Å². The molecule has 2 N–H and O–H groups in total. The van der Waals surface area contributed by atoms with Gasteiger partial charge in [0, 0.05) is 18.0 Å². The zero-order valence-electron chi connectivity index (χ0n) is 17.1. The average molecular weight is 433 g/mol. The van der Waals surface area contributed by atoms with Crippen LogP contribution < -0.4 is 9.47 Å². The normalized spacial score (nSPS) is 12.6. The lowest BCUT2D eigenvalue weighted by Gasteiger charge is -2.04. The summed E-state index contributed by atoms with van der Waals surface area (Å²) in [7, 11) is 0. The maximum atomic E-state index is 5.54. The molecule has 0 saturated carbocycles. The van der Waals surface area contributed by atoms with Crippen LogP contribution in [0.2, 0.25) is 0 Å². The highest BCUT2D eigenvalue weighted by atomic mass is 16.7. The number of fused-ring (bicyclic) bond motifs is 3. The Bertz CT molecular complexity index is 1660. The average Bonchev–Trinajstić information content (AvgIpc) is 3.60. The molecule has 158 valence electrons. The van der Waals surface area contributed by atoms with Gasteiger partial charge in [0.2, 0.25) is 6.79 Å². The minimum Gasteiger partial charge on any atom is -0.454 e. The Morgan fingerprint density at radius 1 is 0.818 bits per heavy atom. The first-order chi connectivity index (χ1) is 16.3. The van der Waals surface area contributed by atoms with Gasteiger partial charge in [0.15, 0.2) is 28.7 Å². The SMILES string of the molecule is c1ccc(-c2ccc3[nH]nc(-c4nc5nccc(-c6ccc7c(c6)OCO7)c5[nH]4)c3n2)nc1. The van der Waals surface area contributed by atoms with Crippen LogP contribution in [0.5, 0.6) is 11.5 Å². The van der Waals surface area contributed by atoms with Crippen LogP contribution in [-0.2, 0) is 0 Å². The number of pyridine rings is 3. The van der Waals surface area contributed by atoms with Crippen molar-refractivity contribution in [3.63, 3.8) is 0 Å². The molecule has 0 amide bonds. The van der Waals surface area contributed by atoms with Crippen molar-refractivity contribution in [2.75, 3.05) is 6.79 Å². The number of imidazole rings is 1. The number of ether oxygens (including phenoxy) is 2. The van der Waals surface area contributed by atoms with Gasteiger partial charge in [-0.2, -0.15) is 5.10 Å². The molecule has 1 aliphatic heterocycles. The van der Waals surface area contributed by atoms with E-state index in [0.717, 1.165) is 45.0 Å². The third-order valence-corrected chi connectivity index (χ3v) is 5.63. The number of hydrogen-bond donors (Lipinski definition) is 2. The number of hydrogen-bond acceptors (Lipinski definition) is 7. The van der Waals surface area contributed by atoms with Crippen molar-refractivity contribution in [1.82, 2.24) is 35.1 Å². The molecule has 0 unspecified atom stereocenters. The van der Waals surface area contributed by atoms with Crippen LogP contribution in [-0.4, -0.2) is 41.9 Å². The van der Waals surface area contributed by atoms with Crippen LogP contribution in [0.15, 0.2) is 67.0 Å². The Morgan fingerprint density at radius 3 is 2.73 bits per heavy atom. The van der Waals surface area contributed by atoms with E-state index in [4.69, 9.17) is 19.4 Å². The van der Waals surface area contributed by atoms with E-state index >= 15 is 0 Å². The van der Waals surface area contributed by atoms with E-state index in [0.29, 0.717) is 22.7 Å². The Kier molecular flexibility index (Phi) is 3.71. The molecule has 7 rings (SSSR count). The summed E-state index contributed by atoms with van der Waals surface area (Å²) in [5.41, 5.74) is 7.04. The van der Waals surface area contributed by atoms with Gasteiger partial charge in [-0.3, -0.25) is 10.1 Å². The van der Waals surface area contributed by atoms with Crippen LogP contribution >= 0.6 is 0 Å². The van der Waals surface area contributed by atoms with Gasteiger partial charge in [-0.15, -0.1) is 0 Å². The summed E-state index contributed by atoms with van der Waals surface area (Å²) < 4.78 is 11.0. The van der Waals surface area contributed by atoms with Crippen molar-refractivity contribution >= 4 is 22.2 Å². The predicted octanol–water partition coefficient (Wildman–Crippen LogP) is 4.35. The molecule has 33 heavy (non-hydrogen) atoms. The van der Waals surface area contributed by atoms with Gasteiger partial charge in [0.1, 0.15) is 5.52 Å². The zero-order valence-corrected chi connectivity index (χ0v) is 17.1. The minimum atomic E-state index is 0.235. The quantitative estimate of drug-likeness (QED) is 0.426. The molecule has 0 atom stereocenters. The highest BCUT2D eigenvalue weighted by Crippen LogP contribution is 2.38. The molecule has 5 aromatic heterocycles. The standard InChI is InChI=1S/C24H15N7O2/c1-2-9-25-15(3-1)16-5-6-17-21(27-16)22(31-30-17)24-28-20-14(8-10-26-23(20)29-24)13-4-7-18-19(11-13)33-12-32-18/h1-11H,12H2,(H,30,31)(H,26,28,29). The Hall–Kier alpha value is -4.79. The molecule has 0 fully saturated rings. The molecule has 9 heteroatoms. The van der Waals surface area contributed by atoms with Crippen molar-refractivity contribution in [1.29, 1.82) is 0 Å². The van der Waals surface area contributed by atoms with Gasteiger partial charge in [-0.25, -0.2) is 15.0 Å². The van der Waals surface area contributed by atoms with E-state index in [2.05, 4.69) is 25.1 Å². The first kappa shape index (κ1) is 17.8.